The quantitative estimate of drug-likeness (QED) is 0.583. The van der Waals surface area contributed by atoms with Gasteiger partial charge in [0.25, 0.3) is 0 Å². The zero-order chi connectivity index (χ0) is 8.29. The van der Waals surface area contributed by atoms with Crippen LogP contribution in [0.3, 0.4) is 0 Å². The lowest BCUT2D eigenvalue weighted by Crippen LogP contribution is -1.87. The molecule has 0 amide bonds. The second-order valence-electron chi connectivity index (χ2n) is 3.80. The summed E-state index contributed by atoms with van der Waals surface area (Å²) in [7, 11) is 0. The molecule has 3 unspecified atom stereocenters. The summed E-state index contributed by atoms with van der Waals surface area (Å²) in [6.07, 6.45) is 4.36. The van der Waals surface area contributed by atoms with E-state index in [9.17, 15) is 0 Å². The molecule has 0 radical (unpaired) electrons. The van der Waals surface area contributed by atoms with Crippen LogP contribution in [0.25, 0.3) is 6.08 Å². The topological polar surface area (TPSA) is 26.0 Å². The maximum atomic E-state index is 5.57. The highest BCUT2D eigenvalue weighted by Crippen LogP contribution is 2.57. The van der Waals surface area contributed by atoms with Crippen LogP contribution in [0.1, 0.15) is 30.2 Å². The molecule has 1 aromatic rings. The molecule has 12 heavy (non-hydrogen) atoms. The van der Waals surface area contributed by atoms with E-state index < -0.39 is 0 Å². The molecule has 3 atom stereocenters. The van der Waals surface area contributed by atoms with Crippen molar-refractivity contribution in [2.75, 3.05) is 0 Å². The van der Waals surface area contributed by atoms with Gasteiger partial charge in [-0.3, -0.25) is 0 Å². The number of hydrogen-bond donors (Lipinski definition) is 0. The van der Waals surface area contributed by atoms with Crippen molar-refractivity contribution in [1.29, 1.82) is 0 Å². The minimum absolute atomic E-state index is 0.631. The molecule has 1 heterocycles. The van der Waals surface area contributed by atoms with E-state index in [1.54, 1.807) is 0 Å². The van der Waals surface area contributed by atoms with Crippen molar-refractivity contribution >= 4 is 6.08 Å². The van der Waals surface area contributed by atoms with Gasteiger partial charge in [-0.15, -0.1) is 0 Å². The molecule has 2 aliphatic carbocycles. The number of allylic oxidation sites excluding steroid dienone is 1. The van der Waals surface area contributed by atoms with E-state index in [-0.39, 0.29) is 0 Å². The molecule has 3 rings (SSSR count). The van der Waals surface area contributed by atoms with E-state index in [4.69, 9.17) is 4.42 Å². The number of nitrogens with zero attached hydrogens (tertiary/aromatic N) is 1. The Bertz CT molecular complexity index is 364. The van der Waals surface area contributed by atoms with Gasteiger partial charge in [-0.2, -0.15) is 0 Å². The highest BCUT2D eigenvalue weighted by molar-refractivity contribution is 5.55. The predicted octanol–water partition coefficient (Wildman–Crippen LogP) is 2.36. The third-order valence-electron chi connectivity index (χ3n) is 3.01. The van der Waals surface area contributed by atoms with Crippen LogP contribution < -0.4 is 0 Å². The highest BCUT2D eigenvalue weighted by atomic mass is 16.4. The SMILES string of the molecule is Cc1nc2c(o1)C1C(C)C1C=C2. The zero-order valence-corrected chi connectivity index (χ0v) is 7.24. The number of aromatic nitrogens is 1. The van der Waals surface area contributed by atoms with Crippen LogP contribution in [-0.4, -0.2) is 4.98 Å². The van der Waals surface area contributed by atoms with Crippen molar-refractivity contribution in [2.45, 2.75) is 19.8 Å². The van der Waals surface area contributed by atoms with E-state index in [2.05, 4.69) is 24.1 Å². The van der Waals surface area contributed by atoms with Gasteiger partial charge in [-0.1, -0.05) is 13.0 Å². The lowest BCUT2D eigenvalue weighted by molar-refractivity contribution is 0.469. The molecule has 2 nitrogen and oxygen atoms in total. The molecular formula is C10H11NO. The van der Waals surface area contributed by atoms with E-state index >= 15 is 0 Å². The Balaban J connectivity index is 2.16. The van der Waals surface area contributed by atoms with Crippen LogP contribution in [0, 0.1) is 18.8 Å². The second-order valence-corrected chi connectivity index (χ2v) is 3.80. The summed E-state index contributed by atoms with van der Waals surface area (Å²) in [5.41, 5.74) is 1.05. The van der Waals surface area contributed by atoms with E-state index in [1.165, 1.54) is 0 Å². The summed E-state index contributed by atoms with van der Waals surface area (Å²) >= 11 is 0. The van der Waals surface area contributed by atoms with Crippen LogP contribution in [0.5, 0.6) is 0 Å². The van der Waals surface area contributed by atoms with Gasteiger partial charge < -0.3 is 4.42 Å². The fraction of sp³-hybridized carbons (Fsp3) is 0.500. The Morgan fingerprint density at radius 3 is 3.17 bits per heavy atom. The lowest BCUT2D eigenvalue weighted by Gasteiger charge is -1.97. The minimum Gasteiger partial charge on any atom is -0.445 e. The molecule has 1 fully saturated rings. The van der Waals surface area contributed by atoms with Crippen LogP contribution in [0.15, 0.2) is 10.5 Å². The maximum absolute atomic E-state index is 5.57. The summed E-state index contributed by atoms with van der Waals surface area (Å²) in [5.74, 6) is 4.03. The molecule has 62 valence electrons. The van der Waals surface area contributed by atoms with Crippen molar-refractivity contribution in [3.05, 3.63) is 23.4 Å². The molecule has 0 bridgehead atoms. The zero-order valence-electron chi connectivity index (χ0n) is 7.24. The lowest BCUT2D eigenvalue weighted by atomic mass is 10.1. The van der Waals surface area contributed by atoms with Crippen molar-refractivity contribution in [3.8, 4) is 0 Å². The highest BCUT2D eigenvalue weighted by Gasteiger charge is 2.50. The average molecular weight is 161 g/mol. The van der Waals surface area contributed by atoms with E-state index in [0.29, 0.717) is 5.92 Å². The molecule has 0 N–H and O–H groups in total. The summed E-state index contributed by atoms with van der Waals surface area (Å²) in [6, 6.07) is 0. The Labute approximate surface area is 71.3 Å². The van der Waals surface area contributed by atoms with Gasteiger partial charge in [0.15, 0.2) is 5.89 Å². The summed E-state index contributed by atoms with van der Waals surface area (Å²) < 4.78 is 5.57. The first-order valence-corrected chi connectivity index (χ1v) is 4.43. The largest absolute Gasteiger partial charge is 0.445 e. The van der Waals surface area contributed by atoms with Crippen LogP contribution >= 0.6 is 0 Å². The van der Waals surface area contributed by atoms with Gasteiger partial charge in [0.1, 0.15) is 11.5 Å². The first-order valence-electron chi connectivity index (χ1n) is 4.43. The van der Waals surface area contributed by atoms with Crippen molar-refractivity contribution in [3.63, 3.8) is 0 Å². The number of rotatable bonds is 0. The Kier molecular flexibility index (Phi) is 0.978. The van der Waals surface area contributed by atoms with Gasteiger partial charge in [0.05, 0.1) is 0 Å². The molecule has 2 aliphatic rings. The molecule has 0 spiro atoms. The Morgan fingerprint density at radius 1 is 1.50 bits per heavy atom. The third kappa shape index (κ3) is 0.631. The monoisotopic (exact) mass is 161 g/mol. The normalized spacial score (nSPS) is 36.0. The smallest absolute Gasteiger partial charge is 0.191 e. The Hall–Kier alpha value is -1.05. The molecule has 1 saturated carbocycles. The molecule has 1 aromatic heterocycles. The average Bonchev–Trinajstić information content (AvgIpc) is 2.55. The van der Waals surface area contributed by atoms with Gasteiger partial charge in [-0.05, 0) is 17.9 Å². The first kappa shape index (κ1) is 6.46. The summed E-state index contributed by atoms with van der Waals surface area (Å²) in [6.45, 7) is 4.18. The predicted molar refractivity (Wildman–Crippen MR) is 45.7 cm³/mol. The Morgan fingerprint density at radius 2 is 2.33 bits per heavy atom. The fourth-order valence-corrected chi connectivity index (χ4v) is 2.22. The molecule has 0 aliphatic heterocycles. The number of oxazole rings is 1. The van der Waals surface area contributed by atoms with Crippen molar-refractivity contribution in [1.82, 2.24) is 4.98 Å². The first-order chi connectivity index (χ1) is 5.77. The second kappa shape index (κ2) is 1.82. The number of fused-ring (bicyclic) bond motifs is 3. The van der Waals surface area contributed by atoms with Gasteiger partial charge in [-0.25, -0.2) is 4.98 Å². The van der Waals surface area contributed by atoms with E-state index in [0.717, 1.165) is 29.2 Å². The molecular weight excluding hydrogens is 150 g/mol. The number of hydrogen-bond acceptors (Lipinski definition) is 2. The van der Waals surface area contributed by atoms with Gasteiger partial charge in [0, 0.05) is 12.8 Å². The van der Waals surface area contributed by atoms with Crippen molar-refractivity contribution < 1.29 is 4.42 Å². The molecule has 0 aromatic carbocycles. The fourth-order valence-electron chi connectivity index (χ4n) is 2.22. The third-order valence-corrected chi connectivity index (χ3v) is 3.01. The summed E-state index contributed by atoms with van der Waals surface area (Å²) in [5, 5.41) is 0. The van der Waals surface area contributed by atoms with Crippen LogP contribution in [0.4, 0.5) is 0 Å². The van der Waals surface area contributed by atoms with Crippen molar-refractivity contribution in [2.24, 2.45) is 11.8 Å². The summed E-state index contributed by atoms with van der Waals surface area (Å²) in [4.78, 5) is 4.31. The minimum atomic E-state index is 0.631. The maximum Gasteiger partial charge on any atom is 0.191 e. The standard InChI is InChI=1S/C10H11NO/c1-5-7-3-4-8-10(9(5)7)12-6(2)11-8/h3-5,7,9H,1-2H3. The van der Waals surface area contributed by atoms with E-state index in [1.807, 2.05) is 6.92 Å². The molecule has 0 saturated heterocycles. The number of aryl methyl sites for hydroxylation is 1. The van der Waals surface area contributed by atoms with Gasteiger partial charge >= 0.3 is 0 Å². The van der Waals surface area contributed by atoms with Gasteiger partial charge in [0.2, 0.25) is 0 Å². The van der Waals surface area contributed by atoms with Crippen LogP contribution in [-0.2, 0) is 0 Å². The van der Waals surface area contributed by atoms with Crippen LogP contribution in [0.2, 0.25) is 0 Å². The molecule has 2 heteroatoms.